The zero-order valence-corrected chi connectivity index (χ0v) is 16.4. The molecule has 10 heteroatoms. The second-order valence-corrected chi connectivity index (χ2v) is 7.61. The third-order valence-corrected chi connectivity index (χ3v) is 5.31. The molecule has 0 saturated carbocycles. The van der Waals surface area contributed by atoms with E-state index in [1.807, 2.05) is 13.0 Å². The Morgan fingerprint density at radius 1 is 1.27 bits per heavy atom. The van der Waals surface area contributed by atoms with Gasteiger partial charge in [-0.15, -0.1) is 10.2 Å². The van der Waals surface area contributed by atoms with Crippen LogP contribution in [0.15, 0.2) is 20.7 Å². The van der Waals surface area contributed by atoms with Crippen LogP contribution in [0.25, 0.3) is 0 Å². The van der Waals surface area contributed by atoms with Crippen LogP contribution in [0.4, 0.5) is 5.95 Å². The summed E-state index contributed by atoms with van der Waals surface area (Å²) in [5.41, 5.74) is 0.945. The molecule has 0 atom stereocenters. The van der Waals surface area contributed by atoms with E-state index in [1.54, 1.807) is 6.92 Å². The van der Waals surface area contributed by atoms with Gasteiger partial charge >= 0.3 is 5.97 Å². The molecule has 8 nitrogen and oxygen atoms in total. The SMILES string of the molecule is CCOC(=O)CSc1nnc(CSc2cc(C)nc(N3CCCC3)n2)o1. The van der Waals surface area contributed by atoms with Crippen molar-refractivity contribution in [1.29, 1.82) is 0 Å². The Labute approximate surface area is 160 Å². The monoisotopic (exact) mass is 395 g/mol. The fourth-order valence-corrected chi connectivity index (χ4v) is 3.84. The van der Waals surface area contributed by atoms with E-state index in [9.17, 15) is 4.79 Å². The topological polar surface area (TPSA) is 94.2 Å². The first-order valence-corrected chi connectivity index (χ1v) is 10.5. The summed E-state index contributed by atoms with van der Waals surface area (Å²) in [6.45, 7) is 6.14. The minimum absolute atomic E-state index is 0.160. The number of hydrogen-bond donors (Lipinski definition) is 0. The molecule has 0 unspecified atom stereocenters. The lowest BCUT2D eigenvalue weighted by molar-refractivity contribution is -0.139. The lowest BCUT2D eigenvalue weighted by Crippen LogP contribution is -2.20. The standard InChI is InChI=1S/C16H21N5O3S2/c1-3-23-14(22)10-26-16-20-19-12(24-16)9-25-13-8-11(2)17-15(18-13)21-6-4-5-7-21/h8H,3-7,9-10H2,1-2H3. The lowest BCUT2D eigenvalue weighted by Gasteiger charge is -2.16. The fraction of sp³-hybridized carbons (Fsp3) is 0.562. The van der Waals surface area contributed by atoms with E-state index in [1.165, 1.54) is 36.4 Å². The van der Waals surface area contributed by atoms with Gasteiger partial charge < -0.3 is 14.1 Å². The van der Waals surface area contributed by atoms with E-state index in [-0.39, 0.29) is 11.7 Å². The Hall–Kier alpha value is -1.81. The Balaban J connectivity index is 1.55. The van der Waals surface area contributed by atoms with Crippen molar-refractivity contribution in [2.75, 3.05) is 30.3 Å². The molecule has 3 rings (SSSR count). The zero-order valence-electron chi connectivity index (χ0n) is 14.8. The molecule has 0 radical (unpaired) electrons. The first-order chi connectivity index (χ1) is 12.6. The lowest BCUT2D eigenvalue weighted by atomic mass is 10.4. The first kappa shape index (κ1) is 19.0. The van der Waals surface area contributed by atoms with Gasteiger partial charge in [0.25, 0.3) is 5.22 Å². The van der Waals surface area contributed by atoms with Crippen molar-refractivity contribution in [3.63, 3.8) is 0 Å². The fourth-order valence-electron chi connectivity index (χ4n) is 2.47. The highest BCUT2D eigenvalue weighted by atomic mass is 32.2. The number of carbonyl (C=O) groups excluding carboxylic acids is 1. The smallest absolute Gasteiger partial charge is 0.316 e. The molecule has 0 aromatic carbocycles. The summed E-state index contributed by atoms with van der Waals surface area (Å²) in [5.74, 6) is 1.68. The van der Waals surface area contributed by atoms with Gasteiger partial charge in [0.2, 0.25) is 11.8 Å². The number of rotatable bonds is 8. The van der Waals surface area contributed by atoms with Crippen LogP contribution >= 0.6 is 23.5 Å². The molecular formula is C16H21N5O3S2. The molecule has 140 valence electrons. The van der Waals surface area contributed by atoms with Crippen molar-refractivity contribution in [3.8, 4) is 0 Å². The molecule has 0 spiro atoms. The highest BCUT2D eigenvalue weighted by Gasteiger charge is 2.17. The maximum atomic E-state index is 11.4. The second-order valence-electron chi connectivity index (χ2n) is 5.69. The molecular weight excluding hydrogens is 374 g/mol. The van der Waals surface area contributed by atoms with Crippen molar-refractivity contribution in [2.45, 2.75) is 42.7 Å². The van der Waals surface area contributed by atoms with Gasteiger partial charge in [-0.1, -0.05) is 23.5 Å². The molecule has 3 heterocycles. The number of nitrogens with zero attached hydrogens (tertiary/aromatic N) is 5. The molecule has 0 bridgehead atoms. The minimum Gasteiger partial charge on any atom is -0.465 e. The van der Waals surface area contributed by atoms with Crippen LogP contribution in [0.1, 0.15) is 31.4 Å². The van der Waals surface area contributed by atoms with Crippen LogP contribution in [0.5, 0.6) is 0 Å². The molecule has 1 aliphatic heterocycles. The predicted molar refractivity (Wildman–Crippen MR) is 99.4 cm³/mol. The third kappa shape index (κ3) is 5.34. The molecule has 1 fully saturated rings. The van der Waals surface area contributed by atoms with Crippen molar-refractivity contribution in [3.05, 3.63) is 17.7 Å². The Bertz CT molecular complexity index is 749. The number of aryl methyl sites for hydroxylation is 1. The number of ether oxygens (including phenoxy) is 1. The Morgan fingerprint density at radius 3 is 2.85 bits per heavy atom. The summed E-state index contributed by atoms with van der Waals surface area (Å²) in [4.78, 5) is 22.7. The summed E-state index contributed by atoms with van der Waals surface area (Å²) in [5, 5.41) is 9.21. The Kier molecular flexibility index (Phi) is 6.73. The van der Waals surface area contributed by atoms with Crippen LogP contribution in [0.3, 0.4) is 0 Å². The van der Waals surface area contributed by atoms with Gasteiger partial charge in [-0.05, 0) is 32.8 Å². The summed E-state index contributed by atoms with van der Waals surface area (Å²) in [6, 6.07) is 1.96. The quantitative estimate of drug-likeness (QED) is 0.377. The molecule has 0 N–H and O–H groups in total. The highest BCUT2D eigenvalue weighted by molar-refractivity contribution is 7.99. The molecule has 1 saturated heterocycles. The predicted octanol–water partition coefficient (Wildman–Crippen LogP) is 2.72. The van der Waals surface area contributed by atoms with Crippen molar-refractivity contribution < 1.29 is 13.9 Å². The average molecular weight is 396 g/mol. The van der Waals surface area contributed by atoms with Gasteiger partial charge in [-0.3, -0.25) is 4.79 Å². The Morgan fingerprint density at radius 2 is 2.08 bits per heavy atom. The normalized spacial score (nSPS) is 14.0. The number of esters is 1. The van der Waals surface area contributed by atoms with Crippen molar-refractivity contribution >= 4 is 35.4 Å². The van der Waals surface area contributed by atoms with E-state index < -0.39 is 0 Å². The van der Waals surface area contributed by atoms with Crippen LogP contribution in [0.2, 0.25) is 0 Å². The van der Waals surface area contributed by atoms with Gasteiger partial charge in [0.15, 0.2) is 0 Å². The summed E-state index contributed by atoms with van der Waals surface area (Å²) in [6.07, 6.45) is 2.38. The van der Waals surface area contributed by atoms with E-state index in [2.05, 4.69) is 25.1 Å². The van der Waals surface area contributed by atoms with Crippen LogP contribution in [-0.2, 0) is 15.3 Å². The van der Waals surface area contributed by atoms with Gasteiger partial charge in [0.05, 0.1) is 12.4 Å². The van der Waals surface area contributed by atoms with Crippen molar-refractivity contribution in [1.82, 2.24) is 20.2 Å². The number of carbonyl (C=O) groups is 1. The molecule has 2 aromatic heterocycles. The van der Waals surface area contributed by atoms with E-state index in [0.29, 0.717) is 23.5 Å². The molecule has 26 heavy (non-hydrogen) atoms. The van der Waals surface area contributed by atoms with Gasteiger partial charge in [0, 0.05) is 18.8 Å². The first-order valence-electron chi connectivity index (χ1n) is 8.48. The van der Waals surface area contributed by atoms with Gasteiger partial charge in [0.1, 0.15) is 10.8 Å². The highest BCUT2D eigenvalue weighted by Crippen LogP contribution is 2.25. The minimum atomic E-state index is -0.294. The van der Waals surface area contributed by atoms with E-state index >= 15 is 0 Å². The maximum Gasteiger partial charge on any atom is 0.316 e. The second kappa shape index (κ2) is 9.22. The van der Waals surface area contributed by atoms with Crippen LogP contribution < -0.4 is 4.90 Å². The number of thioether (sulfide) groups is 2. The molecule has 0 aliphatic carbocycles. The number of anilines is 1. The molecule has 2 aromatic rings. The van der Waals surface area contributed by atoms with Crippen LogP contribution in [-0.4, -0.2) is 51.6 Å². The molecule has 0 amide bonds. The van der Waals surface area contributed by atoms with Gasteiger partial charge in [-0.25, -0.2) is 9.97 Å². The number of hydrogen-bond acceptors (Lipinski definition) is 10. The summed E-state index contributed by atoms with van der Waals surface area (Å²) < 4.78 is 10.4. The van der Waals surface area contributed by atoms with Gasteiger partial charge in [-0.2, -0.15) is 0 Å². The number of aromatic nitrogens is 4. The van der Waals surface area contributed by atoms with E-state index in [4.69, 9.17) is 9.15 Å². The molecule has 1 aliphatic rings. The van der Waals surface area contributed by atoms with E-state index in [0.717, 1.165) is 29.8 Å². The average Bonchev–Trinajstić information content (AvgIpc) is 3.30. The maximum absolute atomic E-state index is 11.4. The van der Waals surface area contributed by atoms with Crippen LogP contribution in [0, 0.1) is 6.92 Å². The van der Waals surface area contributed by atoms with Crippen molar-refractivity contribution in [2.24, 2.45) is 0 Å². The largest absolute Gasteiger partial charge is 0.465 e. The summed E-state index contributed by atoms with van der Waals surface area (Å²) >= 11 is 2.71. The third-order valence-electron chi connectivity index (χ3n) is 3.62. The zero-order chi connectivity index (χ0) is 18.4. The summed E-state index contributed by atoms with van der Waals surface area (Å²) in [7, 11) is 0.